The van der Waals surface area contributed by atoms with Gasteiger partial charge in [0.15, 0.2) is 0 Å². The molecule has 0 spiro atoms. The molecule has 2 aromatic rings. The average Bonchev–Trinajstić information content (AvgIpc) is 2.67. The number of nitrogens with two attached hydrogens (primary N) is 1. The monoisotopic (exact) mass is 447 g/mol. The van der Waals surface area contributed by atoms with Crippen LogP contribution in [0.25, 0.3) is 0 Å². The van der Waals surface area contributed by atoms with Crippen LogP contribution in [-0.4, -0.2) is 26.6 Å². The maximum Gasteiger partial charge on any atom is 0.306 e. The maximum absolute atomic E-state index is 11.7. The fourth-order valence-corrected chi connectivity index (χ4v) is 3.57. The Balaban J connectivity index is 1.65. The Bertz CT molecular complexity index is 929. The Morgan fingerprint density at radius 3 is 2.00 bits per heavy atom. The summed E-state index contributed by atoms with van der Waals surface area (Å²) in [4.78, 5) is 11.8. The van der Waals surface area contributed by atoms with Crippen molar-refractivity contribution in [2.24, 2.45) is 5.14 Å². The first-order valence-corrected chi connectivity index (χ1v) is 12.1. The normalized spacial score (nSPS) is 11.9. The lowest BCUT2D eigenvalue weighted by molar-refractivity contribution is -0.154. The molecule has 0 saturated heterocycles. The van der Waals surface area contributed by atoms with Crippen LogP contribution in [0.5, 0.6) is 5.75 Å². The lowest BCUT2D eigenvalue weighted by Crippen LogP contribution is -2.23. The average molecular weight is 448 g/mol. The highest BCUT2D eigenvalue weighted by molar-refractivity contribution is 7.89. The van der Waals surface area contributed by atoms with Crippen LogP contribution in [-0.2, 0) is 32.4 Å². The second kappa shape index (κ2) is 11.3. The first-order chi connectivity index (χ1) is 14.5. The summed E-state index contributed by atoms with van der Waals surface area (Å²) >= 11 is 0. The lowest BCUT2D eigenvalue weighted by Gasteiger charge is -2.19. The van der Waals surface area contributed by atoms with Crippen LogP contribution in [0.4, 0.5) is 0 Å². The molecule has 0 unspecified atom stereocenters. The van der Waals surface area contributed by atoms with Crippen molar-refractivity contribution in [2.75, 3.05) is 6.61 Å². The number of sulfonamides is 1. The Morgan fingerprint density at radius 2 is 1.45 bits per heavy atom. The molecule has 0 radical (unpaired) electrons. The van der Waals surface area contributed by atoms with Gasteiger partial charge in [0.05, 0.1) is 11.5 Å². The Morgan fingerprint density at radius 1 is 0.871 bits per heavy atom. The van der Waals surface area contributed by atoms with Crippen LogP contribution in [0.2, 0.25) is 0 Å². The predicted molar refractivity (Wildman–Crippen MR) is 121 cm³/mol. The number of primary sulfonamides is 1. The summed E-state index contributed by atoms with van der Waals surface area (Å²) < 4.78 is 33.5. The van der Waals surface area contributed by atoms with Gasteiger partial charge in [-0.3, -0.25) is 4.79 Å². The Hall–Kier alpha value is -2.38. The zero-order valence-corrected chi connectivity index (χ0v) is 19.4. The molecule has 0 aliphatic heterocycles. The molecule has 0 fully saturated rings. The molecule has 6 nitrogen and oxygen atoms in total. The number of carbonyl (C=O) groups is 1. The van der Waals surface area contributed by atoms with Crippen LogP contribution in [0.15, 0.2) is 53.4 Å². The van der Waals surface area contributed by atoms with Crippen molar-refractivity contribution >= 4 is 16.0 Å². The van der Waals surface area contributed by atoms with Gasteiger partial charge in [-0.15, -0.1) is 0 Å². The quantitative estimate of drug-likeness (QED) is 0.407. The summed E-state index contributed by atoms with van der Waals surface area (Å²) in [6.45, 7) is 6.15. The smallest absolute Gasteiger partial charge is 0.306 e. The fourth-order valence-electron chi connectivity index (χ4n) is 3.05. The molecule has 170 valence electrons. The largest absolute Gasteiger partial charge is 0.493 e. The zero-order valence-electron chi connectivity index (χ0n) is 18.6. The number of rotatable bonds is 11. The molecular weight excluding hydrogens is 414 g/mol. The SMILES string of the molecule is CC(C)(C)OC(=O)CCCCCc1ccc(CCOc2ccc(S(N)(=O)=O)cc2)cc1. The van der Waals surface area contributed by atoms with E-state index >= 15 is 0 Å². The molecule has 0 atom stereocenters. The van der Waals surface area contributed by atoms with Crippen LogP contribution in [0.1, 0.15) is 57.6 Å². The second-order valence-electron chi connectivity index (χ2n) is 8.58. The zero-order chi connectivity index (χ0) is 22.9. The molecule has 0 aromatic heterocycles. The van der Waals surface area contributed by atoms with Gasteiger partial charge in [0.2, 0.25) is 10.0 Å². The van der Waals surface area contributed by atoms with Crippen molar-refractivity contribution in [3.05, 3.63) is 59.7 Å². The van der Waals surface area contributed by atoms with E-state index < -0.39 is 15.6 Å². The van der Waals surface area contributed by atoms with Crippen LogP contribution < -0.4 is 9.88 Å². The molecule has 7 heteroatoms. The van der Waals surface area contributed by atoms with Gasteiger partial charge < -0.3 is 9.47 Å². The molecule has 0 bridgehead atoms. The van der Waals surface area contributed by atoms with Crippen LogP contribution >= 0.6 is 0 Å². The highest BCUT2D eigenvalue weighted by Crippen LogP contribution is 2.16. The molecule has 0 aliphatic rings. The number of hydrogen-bond acceptors (Lipinski definition) is 5. The standard InChI is InChI=1S/C24H33NO5S/c1-24(2,3)30-23(26)8-6-4-5-7-19-9-11-20(12-10-19)17-18-29-21-13-15-22(16-14-21)31(25,27)28/h9-16H,4-8,17-18H2,1-3H3,(H2,25,27,28). The summed E-state index contributed by atoms with van der Waals surface area (Å²) in [6.07, 6.45) is 5.11. The minimum Gasteiger partial charge on any atom is -0.493 e. The van der Waals surface area contributed by atoms with Gasteiger partial charge in [0, 0.05) is 12.8 Å². The van der Waals surface area contributed by atoms with Crippen molar-refractivity contribution in [3.8, 4) is 5.75 Å². The number of ether oxygens (including phenoxy) is 2. The number of aryl methyl sites for hydroxylation is 1. The number of carbonyl (C=O) groups excluding carboxylic acids is 1. The number of benzene rings is 2. The second-order valence-corrected chi connectivity index (χ2v) is 10.1. The summed E-state index contributed by atoms with van der Waals surface area (Å²) in [5.41, 5.74) is 2.04. The van der Waals surface area contributed by atoms with E-state index in [9.17, 15) is 13.2 Å². The van der Waals surface area contributed by atoms with E-state index in [4.69, 9.17) is 14.6 Å². The minimum atomic E-state index is -3.68. The Kier molecular flexibility index (Phi) is 9.07. The first-order valence-electron chi connectivity index (χ1n) is 10.6. The third-order valence-electron chi connectivity index (χ3n) is 4.60. The fraction of sp³-hybridized carbons (Fsp3) is 0.458. The van der Waals surface area contributed by atoms with Gasteiger partial charge in [-0.05, 0) is 75.4 Å². The first kappa shape index (κ1) is 24.9. The summed E-state index contributed by atoms with van der Waals surface area (Å²) in [6, 6.07) is 14.5. The van der Waals surface area contributed by atoms with Gasteiger partial charge in [-0.2, -0.15) is 0 Å². The van der Waals surface area contributed by atoms with E-state index in [0.717, 1.165) is 32.1 Å². The summed E-state index contributed by atoms with van der Waals surface area (Å²) in [5.74, 6) is 0.481. The van der Waals surface area contributed by atoms with Crippen LogP contribution in [0, 0.1) is 0 Å². The topological polar surface area (TPSA) is 95.7 Å². The van der Waals surface area contributed by atoms with Gasteiger partial charge in [0.1, 0.15) is 11.4 Å². The van der Waals surface area contributed by atoms with E-state index in [2.05, 4.69) is 24.3 Å². The van der Waals surface area contributed by atoms with Gasteiger partial charge in [-0.25, -0.2) is 13.6 Å². The van der Waals surface area contributed by atoms with Crippen molar-refractivity contribution in [1.29, 1.82) is 0 Å². The highest BCUT2D eigenvalue weighted by Gasteiger charge is 2.15. The summed E-state index contributed by atoms with van der Waals surface area (Å²) in [5, 5.41) is 5.09. The molecule has 0 amide bonds. The molecule has 0 aliphatic carbocycles. The summed E-state index contributed by atoms with van der Waals surface area (Å²) in [7, 11) is -3.68. The van der Waals surface area contributed by atoms with E-state index in [-0.39, 0.29) is 10.9 Å². The Labute approximate surface area is 185 Å². The third-order valence-corrected chi connectivity index (χ3v) is 5.53. The van der Waals surface area contributed by atoms with Gasteiger partial charge >= 0.3 is 5.97 Å². The minimum absolute atomic E-state index is 0.0697. The van der Waals surface area contributed by atoms with Crippen LogP contribution in [0.3, 0.4) is 0 Å². The molecule has 0 heterocycles. The van der Waals surface area contributed by atoms with Crippen molar-refractivity contribution < 1.29 is 22.7 Å². The number of unbranched alkanes of at least 4 members (excludes halogenated alkanes) is 2. The number of esters is 1. The molecule has 2 N–H and O–H groups in total. The molecular formula is C24H33NO5S. The van der Waals surface area contributed by atoms with Crippen molar-refractivity contribution in [3.63, 3.8) is 0 Å². The lowest BCUT2D eigenvalue weighted by atomic mass is 10.0. The molecule has 2 aromatic carbocycles. The van der Waals surface area contributed by atoms with E-state index in [1.165, 1.54) is 23.3 Å². The van der Waals surface area contributed by atoms with Crippen molar-refractivity contribution in [2.45, 2.75) is 69.8 Å². The van der Waals surface area contributed by atoms with E-state index in [1.54, 1.807) is 12.1 Å². The molecule has 0 saturated carbocycles. The van der Waals surface area contributed by atoms with E-state index in [1.807, 2.05) is 20.8 Å². The molecule has 31 heavy (non-hydrogen) atoms. The van der Waals surface area contributed by atoms with E-state index in [0.29, 0.717) is 18.8 Å². The predicted octanol–water partition coefficient (Wildman–Crippen LogP) is 4.40. The third kappa shape index (κ3) is 9.98. The van der Waals surface area contributed by atoms with Gasteiger partial charge in [-0.1, -0.05) is 30.7 Å². The molecule has 2 rings (SSSR count). The van der Waals surface area contributed by atoms with Gasteiger partial charge in [0.25, 0.3) is 0 Å². The highest BCUT2D eigenvalue weighted by atomic mass is 32.2. The maximum atomic E-state index is 11.7. The van der Waals surface area contributed by atoms with Crippen molar-refractivity contribution in [1.82, 2.24) is 0 Å². The number of hydrogen-bond donors (Lipinski definition) is 1.